The number of anilines is 1. The van der Waals surface area contributed by atoms with Crippen molar-refractivity contribution in [3.63, 3.8) is 0 Å². The second kappa shape index (κ2) is 4.13. The van der Waals surface area contributed by atoms with Gasteiger partial charge in [0.2, 0.25) is 0 Å². The molecule has 0 saturated carbocycles. The molecule has 0 aliphatic carbocycles. The highest BCUT2D eigenvalue weighted by atomic mass is 16.5. The van der Waals surface area contributed by atoms with Gasteiger partial charge in [-0.15, -0.1) is 0 Å². The lowest BCUT2D eigenvalue weighted by Gasteiger charge is -2.09. The third kappa shape index (κ3) is 1.87. The molecule has 1 atom stereocenters. The van der Waals surface area contributed by atoms with Crippen LogP contribution in [0.15, 0.2) is 24.3 Å². The SMILES string of the molecule is O=COCCC1Cc2ccccc2N1. The van der Waals surface area contributed by atoms with Gasteiger partial charge in [-0.25, -0.2) is 0 Å². The van der Waals surface area contributed by atoms with E-state index in [-0.39, 0.29) is 0 Å². The van der Waals surface area contributed by atoms with Crippen molar-refractivity contribution in [1.29, 1.82) is 0 Å². The number of hydrogen-bond donors (Lipinski definition) is 1. The molecule has 3 heteroatoms. The van der Waals surface area contributed by atoms with E-state index in [1.807, 2.05) is 12.1 Å². The Balaban J connectivity index is 1.88. The van der Waals surface area contributed by atoms with Gasteiger partial charge in [0, 0.05) is 18.2 Å². The summed E-state index contributed by atoms with van der Waals surface area (Å²) in [6.45, 7) is 0.997. The van der Waals surface area contributed by atoms with Gasteiger partial charge in [-0.3, -0.25) is 4.79 Å². The highest BCUT2D eigenvalue weighted by Crippen LogP contribution is 2.26. The summed E-state index contributed by atoms with van der Waals surface area (Å²) in [5, 5.41) is 3.40. The lowest BCUT2D eigenvalue weighted by molar-refractivity contribution is -0.128. The molecule has 14 heavy (non-hydrogen) atoms. The van der Waals surface area contributed by atoms with Crippen LogP contribution in [0.2, 0.25) is 0 Å². The topological polar surface area (TPSA) is 38.3 Å². The molecule has 0 aromatic heterocycles. The van der Waals surface area contributed by atoms with Crippen LogP contribution in [0.4, 0.5) is 5.69 Å². The largest absolute Gasteiger partial charge is 0.468 e. The molecule has 1 aliphatic heterocycles. The maximum absolute atomic E-state index is 9.95. The molecule has 0 fully saturated rings. The Morgan fingerprint density at radius 3 is 3.14 bits per heavy atom. The fourth-order valence-corrected chi connectivity index (χ4v) is 1.81. The van der Waals surface area contributed by atoms with Gasteiger partial charge < -0.3 is 10.1 Å². The van der Waals surface area contributed by atoms with E-state index in [9.17, 15) is 4.79 Å². The fourth-order valence-electron chi connectivity index (χ4n) is 1.81. The summed E-state index contributed by atoms with van der Waals surface area (Å²) in [4.78, 5) is 9.95. The third-order valence-corrected chi connectivity index (χ3v) is 2.50. The summed E-state index contributed by atoms with van der Waals surface area (Å²) < 4.78 is 4.67. The van der Waals surface area contributed by atoms with E-state index in [2.05, 4.69) is 22.2 Å². The van der Waals surface area contributed by atoms with Crippen molar-refractivity contribution < 1.29 is 9.53 Å². The number of carbonyl (C=O) groups is 1. The lowest BCUT2D eigenvalue weighted by atomic mass is 10.1. The van der Waals surface area contributed by atoms with Gasteiger partial charge in [0.05, 0.1) is 6.61 Å². The highest BCUT2D eigenvalue weighted by molar-refractivity contribution is 5.56. The summed E-state index contributed by atoms with van der Waals surface area (Å²) >= 11 is 0. The molecule has 1 N–H and O–H groups in total. The smallest absolute Gasteiger partial charge is 0.293 e. The van der Waals surface area contributed by atoms with E-state index < -0.39 is 0 Å². The zero-order valence-electron chi connectivity index (χ0n) is 7.90. The van der Waals surface area contributed by atoms with Crippen molar-refractivity contribution in [2.75, 3.05) is 11.9 Å². The third-order valence-electron chi connectivity index (χ3n) is 2.50. The van der Waals surface area contributed by atoms with Crippen LogP contribution in [0, 0.1) is 0 Å². The minimum Gasteiger partial charge on any atom is -0.468 e. The fraction of sp³-hybridized carbons (Fsp3) is 0.364. The highest BCUT2D eigenvalue weighted by Gasteiger charge is 2.19. The van der Waals surface area contributed by atoms with E-state index in [1.54, 1.807) is 0 Å². The number of benzene rings is 1. The van der Waals surface area contributed by atoms with Crippen molar-refractivity contribution in [3.8, 4) is 0 Å². The number of para-hydroxylation sites is 1. The number of rotatable bonds is 4. The first-order chi connectivity index (χ1) is 6.90. The molecule has 1 heterocycles. The second-order valence-electron chi connectivity index (χ2n) is 3.46. The van der Waals surface area contributed by atoms with Gasteiger partial charge in [-0.05, 0) is 18.1 Å². The number of ether oxygens (including phenoxy) is 1. The van der Waals surface area contributed by atoms with Crippen LogP contribution in [-0.2, 0) is 16.0 Å². The summed E-state index contributed by atoms with van der Waals surface area (Å²) in [5.74, 6) is 0. The first kappa shape index (κ1) is 9.06. The Hall–Kier alpha value is -1.51. The molecule has 74 valence electrons. The molecule has 0 saturated heterocycles. The van der Waals surface area contributed by atoms with Crippen molar-refractivity contribution in [3.05, 3.63) is 29.8 Å². The minimum atomic E-state index is 0.410. The number of fused-ring (bicyclic) bond motifs is 1. The predicted molar refractivity (Wildman–Crippen MR) is 54.2 cm³/mol. The first-order valence-electron chi connectivity index (χ1n) is 4.80. The van der Waals surface area contributed by atoms with Gasteiger partial charge in [-0.2, -0.15) is 0 Å². The van der Waals surface area contributed by atoms with Crippen molar-refractivity contribution >= 4 is 12.2 Å². The Kier molecular flexibility index (Phi) is 2.68. The molecule has 2 rings (SSSR count). The molecular weight excluding hydrogens is 178 g/mol. The van der Waals surface area contributed by atoms with E-state index >= 15 is 0 Å². The van der Waals surface area contributed by atoms with Gasteiger partial charge in [0.25, 0.3) is 6.47 Å². The van der Waals surface area contributed by atoms with Crippen LogP contribution < -0.4 is 5.32 Å². The second-order valence-corrected chi connectivity index (χ2v) is 3.46. The molecule has 1 aromatic rings. The predicted octanol–water partition coefficient (Wildman–Crippen LogP) is 1.59. The standard InChI is InChI=1S/C11H13NO2/c13-8-14-6-5-10-7-9-3-1-2-4-11(9)12-10/h1-4,8,10,12H,5-7H2. The van der Waals surface area contributed by atoms with Crippen LogP contribution in [0.3, 0.4) is 0 Å². The quantitative estimate of drug-likeness (QED) is 0.580. The minimum absolute atomic E-state index is 0.410. The van der Waals surface area contributed by atoms with Crippen LogP contribution in [-0.4, -0.2) is 19.1 Å². The zero-order chi connectivity index (χ0) is 9.80. The zero-order valence-corrected chi connectivity index (χ0v) is 7.90. The van der Waals surface area contributed by atoms with Gasteiger partial charge in [0.15, 0.2) is 0 Å². The summed E-state index contributed by atoms with van der Waals surface area (Å²) in [7, 11) is 0. The maximum Gasteiger partial charge on any atom is 0.293 e. The Bertz CT molecular complexity index is 300. The molecule has 0 spiro atoms. The molecule has 1 unspecified atom stereocenters. The van der Waals surface area contributed by atoms with Crippen molar-refractivity contribution in [1.82, 2.24) is 0 Å². The average Bonchev–Trinajstić information content (AvgIpc) is 2.60. The van der Waals surface area contributed by atoms with Gasteiger partial charge >= 0.3 is 0 Å². The summed E-state index contributed by atoms with van der Waals surface area (Å²) in [6, 6.07) is 8.69. The normalized spacial score (nSPS) is 18.4. The van der Waals surface area contributed by atoms with Crippen molar-refractivity contribution in [2.45, 2.75) is 18.9 Å². The van der Waals surface area contributed by atoms with Crippen LogP contribution >= 0.6 is 0 Å². The average molecular weight is 191 g/mol. The molecule has 1 aromatic carbocycles. The monoisotopic (exact) mass is 191 g/mol. The van der Waals surface area contributed by atoms with E-state index in [1.165, 1.54) is 11.3 Å². The molecule has 3 nitrogen and oxygen atoms in total. The lowest BCUT2D eigenvalue weighted by Crippen LogP contribution is -2.17. The van der Waals surface area contributed by atoms with E-state index in [0.717, 1.165) is 12.8 Å². The summed E-state index contributed by atoms with van der Waals surface area (Å²) in [5.41, 5.74) is 2.56. The number of carbonyl (C=O) groups excluding carboxylic acids is 1. The maximum atomic E-state index is 9.95. The molecule has 0 bridgehead atoms. The summed E-state index contributed by atoms with van der Waals surface area (Å²) in [6.07, 6.45) is 1.89. The van der Waals surface area contributed by atoms with Crippen LogP contribution in [0.1, 0.15) is 12.0 Å². The Morgan fingerprint density at radius 1 is 1.50 bits per heavy atom. The molecule has 1 aliphatic rings. The number of hydrogen-bond acceptors (Lipinski definition) is 3. The van der Waals surface area contributed by atoms with E-state index in [4.69, 9.17) is 0 Å². The van der Waals surface area contributed by atoms with Crippen LogP contribution in [0.5, 0.6) is 0 Å². The van der Waals surface area contributed by atoms with Gasteiger partial charge in [0.1, 0.15) is 0 Å². The van der Waals surface area contributed by atoms with Crippen LogP contribution in [0.25, 0.3) is 0 Å². The molecule has 0 radical (unpaired) electrons. The number of nitrogens with one attached hydrogen (secondary N) is 1. The molecule has 0 amide bonds. The van der Waals surface area contributed by atoms with E-state index in [0.29, 0.717) is 19.1 Å². The Morgan fingerprint density at radius 2 is 2.36 bits per heavy atom. The first-order valence-corrected chi connectivity index (χ1v) is 4.80. The Labute approximate surface area is 83.1 Å². The molecular formula is C11H13NO2. The van der Waals surface area contributed by atoms with Gasteiger partial charge in [-0.1, -0.05) is 18.2 Å². The van der Waals surface area contributed by atoms with Crippen molar-refractivity contribution in [2.24, 2.45) is 0 Å².